The zero-order valence-corrected chi connectivity index (χ0v) is 9.45. The fourth-order valence-electron chi connectivity index (χ4n) is 2.19. The Morgan fingerprint density at radius 3 is 2.47 bits per heavy atom. The van der Waals surface area contributed by atoms with Crippen molar-refractivity contribution < 1.29 is 5.11 Å². The third kappa shape index (κ3) is 3.07. The van der Waals surface area contributed by atoms with E-state index in [0.717, 1.165) is 18.8 Å². The summed E-state index contributed by atoms with van der Waals surface area (Å²) in [5.74, 6) is 0.797. The summed E-state index contributed by atoms with van der Waals surface area (Å²) < 4.78 is 0. The first kappa shape index (κ1) is 10.7. The van der Waals surface area contributed by atoms with Gasteiger partial charge in [-0.05, 0) is 31.2 Å². The van der Waals surface area contributed by atoms with Gasteiger partial charge >= 0.3 is 0 Å². The Morgan fingerprint density at radius 2 is 1.93 bits per heavy atom. The molecule has 0 bridgehead atoms. The second-order valence-corrected chi connectivity index (χ2v) is 4.88. The van der Waals surface area contributed by atoms with Gasteiger partial charge in [-0.15, -0.1) is 0 Å². The van der Waals surface area contributed by atoms with Gasteiger partial charge in [0.05, 0.1) is 6.10 Å². The summed E-state index contributed by atoms with van der Waals surface area (Å²) in [5.41, 5.74) is 2.54. The van der Waals surface area contributed by atoms with Gasteiger partial charge in [0.2, 0.25) is 0 Å². The topological polar surface area (TPSA) is 20.2 Å². The molecule has 0 amide bonds. The lowest BCUT2D eigenvalue weighted by atomic mass is 9.80. The van der Waals surface area contributed by atoms with Gasteiger partial charge < -0.3 is 5.11 Å². The van der Waals surface area contributed by atoms with Crippen LogP contribution in [0.2, 0.25) is 0 Å². The molecule has 1 nitrogen and oxygen atoms in total. The highest BCUT2D eigenvalue weighted by Gasteiger charge is 2.20. The predicted molar refractivity (Wildman–Crippen MR) is 62.8 cm³/mol. The van der Waals surface area contributed by atoms with E-state index in [9.17, 15) is 5.11 Å². The number of aryl methyl sites for hydroxylation is 1. The SMILES string of the molecule is Cc1ccc(CC(O)CC2CCC2)cc1. The molecule has 1 aliphatic rings. The van der Waals surface area contributed by atoms with Gasteiger partial charge in [-0.1, -0.05) is 49.1 Å². The summed E-state index contributed by atoms with van der Waals surface area (Å²) in [6.07, 6.45) is 5.68. The van der Waals surface area contributed by atoms with Crippen molar-refractivity contribution in [2.45, 2.75) is 45.1 Å². The summed E-state index contributed by atoms with van der Waals surface area (Å²) in [6.45, 7) is 2.09. The average molecular weight is 204 g/mol. The van der Waals surface area contributed by atoms with Crippen LogP contribution in [0, 0.1) is 12.8 Å². The normalized spacial score (nSPS) is 18.5. The number of hydrogen-bond donors (Lipinski definition) is 1. The maximum Gasteiger partial charge on any atom is 0.0583 e. The van der Waals surface area contributed by atoms with Crippen LogP contribution in [0.25, 0.3) is 0 Å². The number of hydrogen-bond acceptors (Lipinski definition) is 1. The van der Waals surface area contributed by atoms with Gasteiger partial charge in [-0.3, -0.25) is 0 Å². The minimum absolute atomic E-state index is 0.141. The van der Waals surface area contributed by atoms with E-state index in [1.54, 1.807) is 0 Å². The molecule has 15 heavy (non-hydrogen) atoms. The van der Waals surface area contributed by atoms with Gasteiger partial charge in [0.1, 0.15) is 0 Å². The van der Waals surface area contributed by atoms with E-state index >= 15 is 0 Å². The Hall–Kier alpha value is -0.820. The van der Waals surface area contributed by atoms with E-state index in [2.05, 4.69) is 31.2 Å². The fourth-order valence-corrected chi connectivity index (χ4v) is 2.19. The molecule has 1 aliphatic carbocycles. The van der Waals surface area contributed by atoms with Crippen molar-refractivity contribution in [3.8, 4) is 0 Å². The van der Waals surface area contributed by atoms with Crippen LogP contribution in [0.4, 0.5) is 0 Å². The molecule has 82 valence electrons. The van der Waals surface area contributed by atoms with Crippen LogP contribution >= 0.6 is 0 Å². The molecular formula is C14H20O. The van der Waals surface area contributed by atoms with E-state index in [1.165, 1.54) is 30.4 Å². The van der Waals surface area contributed by atoms with Crippen molar-refractivity contribution >= 4 is 0 Å². The molecule has 1 fully saturated rings. The Kier molecular flexibility index (Phi) is 3.42. The molecule has 1 unspecified atom stereocenters. The molecule has 0 aliphatic heterocycles. The van der Waals surface area contributed by atoms with E-state index < -0.39 is 0 Å². The zero-order valence-electron chi connectivity index (χ0n) is 9.45. The maximum atomic E-state index is 9.91. The molecule has 1 N–H and O–H groups in total. The van der Waals surface area contributed by atoms with E-state index in [0.29, 0.717) is 0 Å². The highest BCUT2D eigenvalue weighted by Crippen LogP contribution is 2.31. The first-order valence-corrected chi connectivity index (χ1v) is 5.97. The van der Waals surface area contributed by atoms with Crippen molar-refractivity contribution in [2.24, 2.45) is 5.92 Å². The molecule has 1 aromatic carbocycles. The molecule has 2 rings (SSSR count). The molecule has 1 atom stereocenters. The van der Waals surface area contributed by atoms with Gasteiger partial charge in [-0.25, -0.2) is 0 Å². The molecular weight excluding hydrogens is 184 g/mol. The Labute approximate surface area is 92.1 Å². The highest BCUT2D eigenvalue weighted by atomic mass is 16.3. The Bertz CT molecular complexity index is 298. The van der Waals surface area contributed by atoms with E-state index in [-0.39, 0.29) is 6.10 Å². The van der Waals surface area contributed by atoms with E-state index in [1.807, 2.05) is 0 Å². The number of benzene rings is 1. The minimum atomic E-state index is -0.141. The molecule has 1 aromatic rings. The monoisotopic (exact) mass is 204 g/mol. The third-order valence-electron chi connectivity index (χ3n) is 3.42. The second kappa shape index (κ2) is 4.80. The molecule has 0 spiro atoms. The van der Waals surface area contributed by atoms with Gasteiger partial charge in [0.25, 0.3) is 0 Å². The van der Waals surface area contributed by atoms with Gasteiger partial charge in [-0.2, -0.15) is 0 Å². The van der Waals surface area contributed by atoms with Crippen LogP contribution in [-0.2, 0) is 6.42 Å². The van der Waals surface area contributed by atoms with Crippen molar-refractivity contribution in [3.63, 3.8) is 0 Å². The molecule has 0 radical (unpaired) electrons. The number of aliphatic hydroxyl groups excluding tert-OH is 1. The van der Waals surface area contributed by atoms with Gasteiger partial charge in [0.15, 0.2) is 0 Å². The zero-order chi connectivity index (χ0) is 10.7. The summed E-state index contributed by atoms with van der Waals surface area (Å²) in [4.78, 5) is 0. The van der Waals surface area contributed by atoms with Crippen LogP contribution in [0.15, 0.2) is 24.3 Å². The minimum Gasteiger partial charge on any atom is -0.393 e. The van der Waals surface area contributed by atoms with Crippen LogP contribution < -0.4 is 0 Å². The van der Waals surface area contributed by atoms with Crippen LogP contribution in [-0.4, -0.2) is 11.2 Å². The average Bonchev–Trinajstić information content (AvgIpc) is 2.16. The van der Waals surface area contributed by atoms with Crippen LogP contribution in [0.5, 0.6) is 0 Å². The predicted octanol–water partition coefficient (Wildman–Crippen LogP) is 3.09. The molecule has 1 heteroatoms. The van der Waals surface area contributed by atoms with Crippen molar-refractivity contribution in [1.82, 2.24) is 0 Å². The smallest absolute Gasteiger partial charge is 0.0583 e. The van der Waals surface area contributed by atoms with Crippen LogP contribution in [0.3, 0.4) is 0 Å². The summed E-state index contributed by atoms with van der Waals surface area (Å²) in [6, 6.07) is 8.48. The highest BCUT2D eigenvalue weighted by molar-refractivity contribution is 5.21. The largest absolute Gasteiger partial charge is 0.393 e. The summed E-state index contributed by atoms with van der Waals surface area (Å²) in [7, 11) is 0. The first-order chi connectivity index (χ1) is 7.24. The standard InChI is InChI=1S/C14H20O/c1-11-5-7-13(8-6-11)10-14(15)9-12-3-2-4-12/h5-8,12,14-15H,2-4,9-10H2,1H3. The lowest BCUT2D eigenvalue weighted by molar-refractivity contribution is 0.118. The number of rotatable bonds is 4. The van der Waals surface area contributed by atoms with Crippen molar-refractivity contribution in [1.29, 1.82) is 0 Å². The quantitative estimate of drug-likeness (QED) is 0.799. The van der Waals surface area contributed by atoms with Gasteiger partial charge in [0, 0.05) is 0 Å². The maximum absolute atomic E-state index is 9.91. The lowest BCUT2D eigenvalue weighted by Crippen LogP contribution is -2.20. The first-order valence-electron chi connectivity index (χ1n) is 5.97. The Morgan fingerprint density at radius 1 is 1.27 bits per heavy atom. The Balaban J connectivity index is 1.82. The lowest BCUT2D eigenvalue weighted by Gasteiger charge is -2.27. The molecule has 0 saturated heterocycles. The second-order valence-electron chi connectivity index (χ2n) is 4.88. The summed E-state index contributed by atoms with van der Waals surface area (Å²) >= 11 is 0. The summed E-state index contributed by atoms with van der Waals surface area (Å²) in [5, 5.41) is 9.91. The van der Waals surface area contributed by atoms with Crippen LogP contribution in [0.1, 0.15) is 36.8 Å². The van der Waals surface area contributed by atoms with Crippen molar-refractivity contribution in [3.05, 3.63) is 35.4 Å². The molecule has 0 heterocycles. The van der Waals surface area contributed by atoms with E-state index in [4.69, 9.17) is 0 Å². The number of aliphatic hydroxyl groups is 1. The third-order valence-corrected chi connectivity index (χ3v) is 3.42. The molecule has 1 saturated carbocycles. The molecule has 0 aromatic heterocycles. The fraction of sp³-hybridized carbons (Fsp3) is 0.571. The van der Waals surface area contributed by atoms with Crippen molar-refractivity contribution in [2.75, 3.05) is 0 Å².